The lowest BCUT2D eigenvalue weighted by atomic mass is 9.86. The van der Waals surface area contributed by atoms with Crippen LogP contribution < -0.4 is 27.4 Å². The SMILES string of the molecule is CC(C)C[C@@H](NC(=O)[C@@H](Cc1ccccc1)NC(=O)[C@H](N)Cc1ccccc1)C(=O)N[C@H](CCCCN)C(=O)N1C2CC1CN(CC(=O)O)C2. The molecule has 2 fully saturated rings. The third kappa shape index (κ3) is 11.1. The maximum atomic E-state index is 13.9. The van der Waals surface area contributed by atoms with Crippen molar-refractivity contribution in [2.24, 2.45) is 17.4 Å². The molecule has 0 saturated carbocycles. The van der Waals surface area contributed by atoms with Gasteiger partial charge in [0.1, 0.15) is 18.1 Å². The molecule has 50 heavy (non-hydrogen) atoms. The Hall–Kier alpha value is -4.33. The second kappa shape index (κ2) is 18.6. The lowest BCUT2D eigenvalue weighted by Gasteiger charge is -2.56. The Morgan fingerprint density at radius 2 is 1.32 bits per heavy atom. The Bertz CT molecular complexity index is 1430. The summed E-state index contributed by atoms with van der Waals surface area (Å²) in [4.78, 5) is 69.9. The number of carbonyl (C=O) groups excluding carboxylic acids is 4. The Kier molecular flexibility index (Phi) is 14.3. The van der Waals surface area contributed by atoms with Gasteiger partial charge in [0.15, 0.2) is 0 Å². The fraction of sp³-hybridized carbons (Fsp3) is 0.541. The molecule has 2 saturated heterocycles. The first kappa shape index (κ1) is 38.5. The van der Waals surface area contributed by atoms with Crippen molar-refractivity contribution >= 4 is 29.6 Å². The number of nitrogens with zero attached hydrogens (tertiary/aromatic N) is 2. The lowest BCUT2D eigenvalue weighted by molar-refractivity contribution is -0.159. The number of fused-ring (bicyclic) bond motifs is 2. The van der Waals surface area contributed by atoms with Gasteiger partial charge in [0.05, 0.1) is 12.6 Å². The molecule has 2 aromatic carbocycles. The fourth-order valence-electron chi connectivity index (χ4n) is 6.85. The van der Waals surface area contributed by atoms with E-state index in [1.54, 1.807) is 4.90 Å². The number of piperazine rings is 1. The van der Waals surface area contributed by atoms with Crippen LogP contribution in [-0.2, 0) is 36.8 Å². The van der Waals surface area contributed by atoms with Gasteiger partial charge in [-0.2, -0.15) is 0 Å². The number of nitrogens with two attached hydrogens (primary N) is 2. The molecule has 4 rings (SSSR count). The van der Waals surface area contributed by atoms with Crippen LogP contribution in [0.4, 0.5) is 0 Å². The number of likely N-dealkylation sites (tertiary alicyclic amines) is 2. The number of hydrogen-bond donors (Lipinski definition) is 6. The molecule has 8 N–H and O–H groups in total. The van der Waals surface area contributed by atoms with E-state index < -0.39 is 47.9 Å². The van der Waals surface area contributed by atoms with Gasteiger partial charge in [0, 0.05) is 31.6 Å². The largest absolute Gasteiger partial charge is 0.480 e. The third-order valence-electron chi connectivity index (χ3n) is 9.33. The number of carboxylic acid groups (broad SMARTS) is 1. The molecule has 0 aromatic heterocycles. The number of hydrogen-bond acceptors (Lipinski definition) is 8. The third-order valence-corrected chi connectivity index (χ3v) is 9.33. The van der Waals surface area contributed by atoms with Crippen molar-refractivity contribution in [2.45, 2.75) is 95.0 Å². The van der Waals surface area contributed by atoms with Crippen LogP contribution in [0.3, 0.4) is 0 Å². The van der Waals surface area contributed by atoms with E-state index in [0.717, 1.165) is 17.5 Å². The molecule has 4 amide bonds. The summed E-state index contributed by atoms with van der Waals surface area (Å²) in [5.74, 6) is -2.59. The average Bonchev–Trinajstić information content (AvgIpc) is 3.07. The van der Waals surface area contributed by atoms with Crippen molar-refractivity contribution in [1.29, 1.82) is 0 Å². The van der Waals surface area contributed by atoms with E-state index in [0.29, 0.717) is 51.7 Å². The summed E-state index contributed by atoms with van der Waals surface area (Å²) in [5, 5.41) is 17.9. The number of rotatable bonds is 19. The molecule has 6 atom stereocenters. The minimum Gasteiger partial charge on any atom is -0.480 e. The number of carboxylic acids is 1. The summed E-state index contributed by atoms with van der Waals surface area (Å²) in [5.41, 5.74) is 13.7. The Morgan fingerprint density at radius 3 is 1.88 bits per heavy atom. The van der Waals surface area contributed by atoms with E-state index in [-0.39, 0.29) is 36.9 Å². The highest BCUT2D eigenvalue weighted by Gasteiger charge is 2.49. The number of piperidine rings is 1. The summed E-state index contributed by atoms with van der Waals surface area (Å²) in [6.07, 6.45) is 3.26. The first-order chi connectivity index (χ1) is 23.9. The molecular formula is C37H53N7O6. The van der Waals surface area contributed by atoms with Crippen molar-refractivity contribution in [2.75, 3.05) is 26.2 Å². The molecular weight excluding hydrogens is 638 g/mol. The van der Waals surface area contributed by atoms with Crippen LogP contribution in [0, 0.1) is 5.92 Å². The fourth-order valence-corrected chi connectivity index (χ4v) is 6.85. The topological polar surface area (TPSA) is 200 Å². The average molecular weight is 692 g/mol. The van der Waals surface area contributed by atoms with Crippen LogP contribution in [0.2, 0.25) is 0 Å². The summed E-state index contributed by atoms with van der Waals surface area (Å²) >= 11 is 0. The maximum Gasteiger partial charge on any atom is 0.317 e. The number of carbonyl (C=O) groups is 5. The molecule has 13 heteroatoms. The van der Waals surface area contributed by atoms with Gasteiger partial charge in [-0.3, -0.25) is 28.9 Å². The van der Waals surface area contributed by atoms with Crippen molar-refractivity contribution in [3.63, 3.8) is 0 Å². The Morgan fingerprint density at radius 1 is 0.780 bits per heavy atom. The van der Waals surface area contributed by atoms with Crippen molar-refractivity contribution in [1.82, 2.24) is 25.8 Å². The van der Waals surface area contributed by atoms with E-state index in [1.165, 1.54) is 0 Å². The number of aliphatic carboxylic acids is 1. The second-order valence-corrected chi connectivity index (χ2v) is 14.0. The van der Waals surface area contributed by atoms with E-state index in [9.17, 15) is 29.1 Å². The highest BCUT2D eigenvalue weighted by molar-refractivity contribution is 5.95. The van der Waals surface area contributed by atoms with E-state index in [1.807, 2.05) is 79.4 Å². The minimum absolute atomic E-state index is 0.0221. The zero-order valence-electron chi connectivity index (χ0n) is 29.1. The maximum absolute atomic E-state index is 13.9. The number of amides is 4. The molecule has 13 nitrogen and oxygen atoms in total. The van der Waals surface area contributed by atoms with Gasteiger partial charge in [-0.05, 0) is 62.1 Å². The van der Waals surface area contributed by atoms with Crippen molar-refractivity contribution < 1.29 is 29.1 Å². The zero-order chi connectivity index (χ0) is 36.2. The predicted octanol–water partition coefficient (Wildman–Crippen LogP) is 0.798. The minimum atomic E-state index is -1.01. The molecule has 2 bridgehead atoms. The van der Waals surface area contributed by atoms with Crippen LogP contribution in [0.15, 0.2) is 60.7 Å². The molecule has 2 aliphatic rings. The van der Waals surface area contributed by atoms with E-state index >= 15 is 0 Å². The molecule has 272 valence electrons. The van der Waals surface area contributed by atoms with Gasteiger partial charge in [-0.25, -0.2) is 0 Å². The standard InChI is InChI=1S/C37H53N7O6/c1-24(2)17-31(35(48)40-30(15-9-10-16-38)37(50)44-27-20-28(44)22-43(21-27)23-33(45)46)42-36(49)32(19-26-13-7-4-8-14-26)41-34(47)29(39)18-25-11-5-3-6-12-25/h3-8,11-14,24,27-32H,9-10,15-23,38-39H2,1-2H3,(H,40,48)(H,41,47)(H,42,49)(H,45,46)/t27?,28?,29-,30-,31-,32-/m1/s1. The molecule has 0 spiro atoms. The molecule has 0 radical (unpaired) electrons. The highest BCUT2D eigenvalue weighted by atomic mass is 16.4. The van der Waals surface area contributed by atoms with E-state index in [4.69, 9.17) is 11.5 Å². The van der Waals surface area contributed by atoms with Gasteiger partial charge in [-0.1, -0.05) is 74.5 Å². The molecule has 2 unspecified atom stereocenters. The van der Waals surface area contributed by atoms with Crippen molar-refractivity contribution in [3.05, 3.63) is 71.8 Å². The van der Waals surface area contributed by atoms with Gasteiger partial charge < -0.3 is 37.4 Å². The van der Waals surface area contributed by atoms with Crippen LogP contribution in [0.25, 0.3) is 0 Å². The van der Waals surface area contributed by atoms with E-state index in [2.05, 4.69) is 16.0 Å². The normalized spacial score (nSPS) is 19.4. The second-order valence-electron chi connectivity index (χ2n) is 14.0. The Balaban J connectivity index is 1.47. The summed E-state index contributed by atoms with van der Waals surface area (Å²) in [6.45, 7) is 5.18. The monoisotopic (exact) mass is 691 g/mol. The van der Waals surface area contributed by atoms with Crippen LogP contribution >= 0.6 is 0 Å². The first-order valence-electron chi connectivity index (χ1n) is 17.7. The van der Waals surface area contributed by atoms with Crippen LogP contribution in [-0.4, -0.2) is 107 Å². The molecule has 2 aliphatic heterocycles. The van der Waals surface area contributed by atoms with Crippen LogP contribution in [0.1, 0.15) is 57.1 Å². The summed E-state index contributed by atoms with van der Waals surface area (Å²) < 4.78 is 0. The number of nitrogens with one attached hydrogen (secondary N) is 3. The zero-order valence-corrected chi connectivity index (χ0v) is 29.1. The van der Waals surface area contributed by atoms with Gasteiger partial charge in [0.25, 0.3) is 0 Å². The molecule has 0 aliphatic carbocycles. The molecule has 2 aromatic rings. The van der Waals surface area contributed by atoms with Gasteiger partial charge in [-0.15, -0.1) is 0 Å². The summed E-state index contributed by atoms with van der Waals surface area (Å²) in [7, 11) is 0. The lowest BCUT2D eigenvalue weighted by Crippen LogP contribution is -2.72. The highest BCUT2D eigenvalue weighted by Crippen LogP contribution is 2.33. The predicted molar refractivity (Wildman–Crippen MR) is 190 cm³/mol. The van der Waals surface area contributed by atoms with Crippen molar-refractivity contribution in [3.8, 4) is 0 Å². The van der Waals surface area contributed by atoms with Crippen LogP contribution in [0.5, 0.6) is 0 Å². The quantitative estimate of drug-likeness (QED) is 0.115. The first-order valence-corrected chi connectivity index (χ1v) is 17.7. The molecule has 2 heterocycles. The van der Waals surface area contributed by atoms with Gasteiger partial charge >= 0.3 is 5.97 Å². The number of unbranched alkanes of at least 4 members (excludes halogenated alkanes) is 1. The Labute approximate surface area is 294 Å². The van der Waals surface area contributed by atoms with Gasteiger partial charge in [0.2, 0.25) is 23.6 Å². The smallest absolute Gasteiger partial charge is 0.317 e. The number of benzene rings is 2. The summed E-state index contributed by atoms with van der Waals surface area (Å²) in [6, 6.07) is 14.7.